The zero-order valence-corrected chi connectivity index (χ0v) is 12.9. The molecule has 1 saturated heterocycles. The third-order valence-electron chi connectivity index (χ3n) is 4.72. The van der Waals surface area contributed by atoms with Crippen LogP contribution in [0.4, 0.5) is 10.5 Å². The third kappa shape index (κ3) is 2.45. The number of nitrogens with zero attached hydrogens (tertiary/aromatic N) is 1. The first kappa shape index (κ1) is 14.9. The van der Waals surface area contributed by atoms with E-state index >= 15 is 0 Å². The molecular formula is C17H22N2O3. The molecule has 0 aromatic heterocycles. The standard InChI is InChI=1S/C17H22N2O3/c1-2-3-12-22-16(21)19-10-8-17(9-11-19)13-6-4-5-7-14(13)18-15(17)20/h4-7H,2-3,8-12H2,1H3,(H,18,20). The van der Waals surface area contributed by atoms with Gasteiger partial charge >= 0.3 is 6.09 Å². The summed E-state index contributed by atoms with van der Waals surface area (Å²) < 4.78 is 5.26. The third-order valence-corrected chi connectivity index (χ3v) is 4.72. The summed E-state index contributed by atoms with van der Waals surface area (Å²) in [6, 6.07) is 7.85. The Balaban J connectivity index is 1.67. The van der Waals surface area contributed by atoms with Gasteiger partial charge in [0.2, 0.25) is 5.91 Å². The fraction of sp³-hybridized carbons (Fsp3) is 0.529. The molecule has 1 fully saturated rings. The highest BCUT2D eigenvalue weighted by atomic mass is 16.6. The number of hydrogen-bond donors (Lipinski definition) is 1. The molecule has 1 aromatic rings. The van der Waals surface area contributed by atoms with E-state index in [1.165, 1.54) is 0 Å². The van der Waals surface area contributed by atoms with Crippen molar-refractivity contribution in [1.82, 2.24) is 4.90 Å². The van der Waals surface area contributed by atoms with Crippen molar-refractivity contribution in [2.75, 3.05) is 25.0 Å². The molecule has 5 nitrogen and oxygen atoms in total. The van der Waals surface area contributed by atoms with Crippen molar-refractivity contribution in [2.45, 2.75) is 38.0 Å². The lowest BCUT2D eigenvalue weighted by molar-refractivity contribution is -0.122. The Morgan fingerprint density at radius 1 is 1.32 bits per heavy atom. The molecule has 0 unspecified atom stereocenters. The molecule has 2 aliphatic heterocycles. The first-order chi connectivity index (χ1) is 10.7. The number of rotatable bonds is 3. The van der Waals surface area contributed by atoms with Crippen LogP contribution in [-0.2, 0) is 14.9 Å². The Bertz CT molecular complexity index is 577. The minimum absolute atomic E-state index is 0.0627. The summed E-state index contributed by atoms with van der Waals surface area (Å²) in [5.74, 6) is 0.0627. The fourth-order valence-electron chi connectivity index (χ4n) is 3.34. The van der Waals surface area contributed by atoms with Crippen LogP contribution in [0.5, 0.6) is 0 Å². The Morgan fingerprint density at radius 3 is 2.77 bits per heavy atom. The van der Waals surface area contributed by atoms with Gasteiger partial charge in [0.15, 0.2) is 0 Å². The number of ether oxygens (including phenoxy) is 1. The van der Waals surface area contributed by atoms with Crippen LogP contribution in [0.3, 0.4) is 0 Å². The van der Waals surface area contributed by atoms with Gasteiger partial charge < -0.3 is 15.0 Å². The highest BCUT2D eigenvalue weighted by Gasteiger charge is 2.48. The molecule has 22 heavy (non-hydrogen) atoms. The van der Waals surface area contributed by atoms with E-state index in [1.54, 1.807) is 4.90 Å². The number of benzene rings is 1. The maximum Gasteiger partial charge on any atom is 0.409 e. The first-order valence-electron chi connectivity index (χ1n) is 8.00. The van der Waals surface area contributed by atoms with Crippen molar-refractivity contribution in [3.8, 4) is 0 Å². The number of carbonyl (C=O) groups excluding carboxylic acids is 2. The zero-order valence-electron chi connectivity index (χ0n) is 12.9. The van der Waals surface area contributed by atoms with Gasteiger partial charge in [0, 0.05) is 18.8 Å². The van der Waals surface area contributed by atoms with Gasteiger partial charge in [-0.1, -0.05) is 31.5 Å². The summed E-state index contributed by atoms with van der Waals surface area (Å²) in [4.78, 5) is 26.2. The van der Waals surface area contributed by atoms with Crippen LogP contribution in [0.2, 0.25) is 0 Å². The number of hydrogen-bond acceptors (Lipinski definition) is 3. The van der Waals surface area contributed by atoms with E-state index in [2.05, 4.69) is 12.2 Å². The lowest BCUT2D eigenvalue weighted by Crippen LogP contribution is -2.48. The minimum Gasteiger partial charge on any atom is -0.449 e. The Labute approximate surface area is 130 Å². The number of carbonyl (C=O) groups is 2. The molecule has 0 atom stereocenters. The monoisotopic (exact) mass is 302 g/mol. The molecule has 0 aliphatic carbocycles. The molecular weight excluding hydrogens is 280 g/mol. The molecule has 0 bridgehead atoms. The van der Waals surface area contributed by atoms with Crippen LogP contribution in [0.25, 0.3) is 0 Å². The maximum absolute atomic E-state index is 12.4. The quantitative estimate of drug-likeness (QED) is 0.873. The van der Waals surface area contributed by atoms with Gasteiger partial charge in [0.1, 0.15) is 0 Å². The van der Waals surface area contributed by atoms with Crippen LogP contribution in [0, 0.1) is 0 Å². The van der Waals surface area contributed by atoms with E-state index in [1.807, 2.05) is 24.3 Å². The molecule has 118 valence electrons. The van der Waals surface area contributed by atoms with E-state index in [0.717, 1.165) is 24.1 Å². The van der Waals surface area contributed by atoms with Gasteiger partial charge in [0.05, 0.1) is 12.0 Å². The number of likely N-dealkylation sites (tertiary alicyclic amines) is 1. The topological polar surface area (TPSA) is 58.6 Å². The van der Waals surface area contributed by atoms with E-state index in [4.69, 9.17) is 4.74 Å². The molecule has 1 N–H and O–H groups in total. The average Bonchev–Trinajstić information content (AvgIpc) is 2.81. The highest BCUT2D eigenvalue weighted by Crippen LogP contribution is 2.44. The predicted molar refractivity (Wildman–Crippen MR) is 83.8 cm³/mol. The van der Waals surface area contributed by atoms with Crippen molar-refractivity contribution in [3.63, 3.8) is 0 Å². The lowest BCUT2D eigenvalue weighted by atomic mass is 9.74. The number of para-hydroxylation sites is 1. The van der Waals surface area contributed by atoms with Crippen LogP contribution >= 0.6 is 0 Å². The molecule has 1 aromatic carbocycles. The number of unbranched alkanes of at least 4 members (excludes halogenated alkanes) is 1. The predicted octanol–water partition coefficient (Wildman–Crippen LogP) is 2.91. The number of piperidine rings is 1. The summed E-state index contributed by atoms with van der Waals surface area (Å²) in [7, 11) is 0. The molecule has 0 radical (unpaired) electrons. The number of amides is 2. The molecule has 3 rings (SSSR count). The van der Waals surface area contributed by atoms with E-state index in [0.29, 0.717) is 32.5 Å². The van der Waals surface area contributed by atoms with Gasteiger partial charge in [0.25, 0.3) is 0 Å². The van der Waals surface area contributed by atoms with Crippen molar-refractivity contribution < 1.29 is 14.3 Å². The van der Waals surface area contributed by atoms with Gasteiger partial charge in [-0.3, -0.25) is 4.79 Å². The summed E-state index contributed by atoms with van der Waals surface area (Å²) in [5, 5.41) is 2.97. The fourth-order valence-corrected chi connectivity index (χ4v) is 3.34. The van der Waals surface area contributed by atoms with Crippen LogP contribution in [0.1, 0.15) is 38.2 Å². The van der Waals surface area contributed by atoms with Gasteiger partial charge in [-0.2, -0.15) is 0 Å². The number of nitrogens with one attached hydrogen (secondary N) is 1. The molecule has 2 aliphatic rings. The normalized spacial score (nSPS) is 19.0. The van der Waals surface area contributed by atoms with E-state index in [9.17, 15) is 9.59 Å². The molecule has 5 heteroatoms. The second kappa shape index (κ2) is 5.99. The maximum atomic E-state index is 12.4. The van der Waals surface area contributed by atoms with E-state index < -0.39 is 5.41 Å². The lowest BCUT2D eigenvalue weighted by Gasteiger charge is -2.37. The summed E-state index contributed by atoms with van der Waals surface area (Å²) in [6.45, 7) is 3.66. The molecule has 1 spiro atoms. The Hall–Kier alpha value is -2.04. The molecule has 0 saturated carbocycles. The second-order valence-corrected chi connectivity index (χ2v) is 6.04. The largest absolute Gasteiger partial charge is 0.449 e. The smallest absolute Gasteiger partial charge is 0.409 e. The average molecular weight is 302 g/mol. The van der Waals surface area contributed by atoms with Crippen molar-refractivity contribution in [3.05, 3.63) is 29.8 Å². The second-order valence-electron chi connectivity index (χ2n) is 6.04. The summed E-state index contributed by atoms with van der Waals surface area (Å²) in [5.41, 5.74) is 1.50. The Kier molecular flexibility index (Phi) is 4.05. The van der Waals surface area contributed by atoms with Crippen LogP contribution < -0.4 is 5.32 Å². The first-order valence-corrected chi connectivity index (χ1v) is 8.00. The summed E-state index contributed by atoms with van der Waals surface area (Å²) in [6.07, 6.45) is 2.94. The van der Waals surface area contributed by atoms with Crippen molar-refractivity contribution in [2.24, 2.45) is 0 Å². The van der Waals surface area contributed by atoms with Gasteiger partial charge in [-0.05, 0) is 30.9 Å². The Morgan fingerprint density at radius 2 is 2.05 bits per heavy atom. The summed E-state index contributed by atoms with van der Waals surface area (Å²) >= 11 is 0. The van der Waals surface area contributed by atoms with Crippen LogP contribution in [-0.4, -0.2) is 36.6 Å². The minimum atomic E-state index is -0.475. The van der Waals surface area contributed by atoms with Crippen molar-refractivity contribution >= 4 is 17.7 Å². The van der Waals surface area contributed by atoms with Crippen molar-refractivity contribution in [1.29, 1.82) is 0 Å². The molecule has 2 amide bonds. The highest BCUT2D eigenvalue weighted by molar-refractivity contribution is 6.06. The SMILES string of the molecule is CCCCOC(=O)N1CCC2(CC1)C(=O)Nc1ccccc12. The zero-order chi connectivity index (χ0) is 15.6. The number of anilines is 1. The van der Waals surface area contributed by atoms with Crippen LogP contribution in [0.15, 0.2) is 24.3 Å². The van der Waals surface area contributed by atoms with Gasteiger partial charge in [-0.15, -0.1) is 0 Å². The number of fused-ring (bicyclic) bond motifs is 2. The molecule has 2 heterocycles. The van der Waals surface area contributed by atoms with Gasteiger partial charge in [-0.25, -0.2) is 4.79 Å². The van der Waals surface area contributed by atoms with E-state index in [-0.39, 0.29) is 12.0 Å².